The zero-order valence-corrected chi connectivity index (χ0v) is 14.7. The molecule has 2 aromatic carbocycles. The van der Waals surface area contributed by atoms with Crippen LogP contribution in [0.4, 0.5) is 0 Å². The first-order valence-corrected chi connectivity index (χ1v) is 8.50. The SMILES string of the molecule is Cc1cc(C)cc(-c2c(C)ccc3c2C=C(c2ccc(C)o2)C3)c1. The van der Waals surface area contributed by atoms with Gasteiger partial charge in [0.15, 0.2) is 0 Å². The fraction of sp³-hybridized carbons (Fsp3) is 0.217. The van der Waals surface area contributed by atoms with Gasteiger partial charge in [-0.25, -0.2) is 0 Å². The minimum atomic E-state index is 0.945. The number of hydrogen-bond donors (Lipinski definition) is 0. The first kappa shape index (κ1) is 15.0. The van der Waals surface area contributed by atoms with Crippen molar-refractivity contribution in [1.29, 1.82) is 0 Å². The molecule has 120 valence electrons. The van der Waals surface area contributed by atoms with Crippen molar-refractivity contribution in [3.63, 3.8) is 0 Å². The van der Waals surface area contributed by atoms with E-state index in [9.17, 15) is 0 Å². The zero-order chi connectivity index (χ0) is 16.8. The van der Waals surface area contributed by atoms with Crippen molar-refractivity contribution in [2.75, 3.05) is 0 Å². The fourth-order valence-electron chi connectivity index (χ4n) is 3.79. The second-order valence-corrected chi connectivity index (χ2v) is 6.96. The molecule has 3 aromatic rings. The Morgan fingerprint density at radius 3 is 2.25 bits per heavy atom. The number of rotatable bonds is 2. The van der Waals surface area contributed by atoms with Gasteiger partial charge in [-0.05, 0) is 79.3 Å². The van der Waals surface area contributed by atoms with Gasteiger partial charge < -0.3 is 4.42 Å². The highest BCUT2D eigenvalue weighted by Crippen LogP contribution is 2.40. The average Bonchev–Trinajstić information content (AvgIpc) is 3.11. The summed E-state index contributed by atoms with van der Waals surface area (Å²) in [5.74, 6) is 1.96. The molecule has 1 aromatic heterocycles. The van der Waals surface area contributed by atoms with Crippen LogP contribution in [0.15, 0.2) is 46.9 Å². The summed E-state index contributed by atoms with van der Waals surface area (Å²) >= 11 is 0. The maximum absolute atomic E-state index is 5.84. The number of aryl methyl sites for hydroxylation is 4. The van der Waals surface area contributed by atoms with Gasteiger partial charge in [0, 0.05) is 6.42 Å². The maximum atomic E-state index is 5.84. The monoisotopic (exact) mass is 314 g/mol. The third-order valence-corrected chi connectivity index (χ3v) is 4.81. The van der Waals surface area contributed by atoms with Crippen LogP contribution in [0.3, 0.4) is 0 Å². The van der Waals surface area contributed by atoms with Crippen LogP contribution in [-0.4, -0.2) is 0 Å². The van der Waals surface area contributed by atoms with Crippen LogP contribution in [0.5, 0.6) is 0 Å². The predicted molar refractivity (Wildman–Crippen MR) is 101 cm³/mol. The van der Waals surface area contributed by atoms with Crippen LogP contribution in [0.2, 0.25) is 0 Å². The molecule has 0 radical (unpaired) electrons. The van der Waals surface area contributed by atoms with Gasteiger partial charge in [-0.1, -0.05) is 41.5 Å². The number of allylic oxidation sites excluding steroid dienone is 1. The summed E-state index contributed by atoms with van der Waals surface area (Å²) in [5.41, 5.74) is 10.6. The van der Waals surface area contributed by atoms with Crippen molar-refractivity contribution in [1.82, 2.24) is 0 Å². The summed E-state index contributed by atoms with van der Waals surface area (Å²) in [6, 6.07) is 15.4. The molecule has 0 N–H and O–H groups in total. The van der Waals surface area contributed by atoms with Gasteiger partial charge in [-0.3, -0.25) is 0 Å². The van der Waals surface area contributed by atoms with Crippen LogP contribution < -0.4 is 0 Å². The van der Waals surface area contributed by atoms with Crippen LogP contribution in [0, 0.1) is 27.7 Å². The Morgan fingerprint density at radius 2 is 1.58 bits per heavy atom. The molecular formula is C23H22O. The molecule has 0 bridgehead atoms. The molecule has 24 heavy (non-hydrogen) atoms. The van der Waals surface area contributed by atoms with Gasteiger partial charge in [-0.2, -0.15) is 0 Å². The molecule has 1 heterocycles. The first-order chi connectivity index (χ1) is 11.5. The Bertz CT molecular complexity index is 949. The van der Waals surface area contributed by atoms with E-state index in [2.05, 4.69) is 63.2 Å². The van der Waals surface area contributed by atoms with Gasteiger partial charge >= 0.3 is 0 Å². The van der Waals surface area contributed by atoms with Crippen LogP contribution in [0.1, 0.15) is 39.3 Å². The van der Waals surface area contributed by atoms with Gasteiger partial charge in [0.2, 0.25) is 0 Å². The van der Waals surface area contributed by atoms with E-state index >= 15 is 0 Å². The largest absolute Gasteiger partial charge is 0.462 e. The lowest BCUT2D eigenvalue weighted by Gasteiger charge is -2.13. The Kier molecular flexibility index (Phi) is 3.45. The van der Waals surface area contributed by atoms with E-state index in [1.54, 1.807) is 0 Å². The van der Waals surface area contributed by atoms with Crippen molar-refractivity contribution in [3.05, 3.63) is 81.8 Å². The first-order valence-electron chi connectivity index (χ1n) is 8.50. The number of furan rings is 1. The van der Waals surface area contributed by atoms with Crippen molar-refractivity contribution in [3.8, 4) is 11.1 Å². The molecule has 0 atom stereocenters. The standard InChI is InChI=1S/C23H22O/c1-14-9-15(2)11-20(10-14)23-16(3)5-7-18-12-19(13-21(18)23)22-8-6-17(4)24-22/h5-11,13H,12H2,1-4H3. The second-order valence-electron chi connectivity index (χ2n) is 6.96. The van der Waals surface area contributed by atoms with Crippen molar-refractivity contribution in [2.45, 2.75) is 34.1 Å². The van der Waals surface area contributed by atoms with Crippen LogP contribution >= 0.6 is 0 Å². The van der Waals surface area contributed by atoms with E-state index in [4.69, 9.17) is 4.42 Å². The minimum absolute atomic E-state index is 0.945. The zero-order valence-electron chi connectivity index (χ0n) is 14.7. The van der Waals surface area contributed by atoms with Crippen molar-refractivity contribution < 1.29 is 4.42 Å². The molecule has 0 saturated carbocycles. The lowest BCUT2D eigenvalue weighted by atomic mass is 9.91. The Labute approximate surface area is 143 Å². The third-order valence-electron chi connectivity index (χ3n) is 4.81. The lowest BCUT2D eigenvalue weighted by molar-refractivity contribution is 0.521. The molecule has 0 spiro atoms. The molecule has 0 amide bonds. The third kappa shape index (κ3) is 2.50. The Hall–Kier alpha value is -2.54. The number of fused-ring (bicyclic) bond motifs is 1. The quantitative estimate of drug-likeness (QED) is 0.543. The molecule has 0 saturated heterocycles. The highest BCUT2D eigenvalue weighted by molar-refractivity contribution is 5.94. The van der Waals surface area contributed by atoms with Gasteiger partial charge in [0.1, 0.15) is 11.5 Å². The number of hydrogen-bond acceptors (Lipinski definition) is 1. The topological polar surface area (TPSA) is 13.1 Å². The summed E-state index contributed by atoms with van der Waals surface area (Å²) in [6.07, 6.45) is 3.26. The molecule has 1 aliphatic rings. The minimum Gasteiger partial charge on any atom is -0.462 e. The highest BCUT2D eigenvalue weighted by atomic mass is 16.3. The van der Waals surface area contributed by atoms with E-state index in [0.717, 1.165) is 17.9 Å². The molecule has 0 fully saturated rings. The molecule has 1 heteroatoms. The van der Waals surface area contributed by atoms with Crippen molar-refractivity contribution in [2.24, 2.45) is 0 Å². The lowest BCUT2D eigenvalue weighted by Crippen LogP contribution is -1.92. The van der Waals surface area contributed by atoms with Gasteiger partial charge in [0.05, 0.1) is 0 Å². The Morgan fingerprint density at radius 1 is 0.833 bits per heavy atom. The predicted octanol–water partition coefficient (Wildman–Crippen LogP) is 6.28. The average molecular weight is 314 g/mol. The normalized spacial score (nSPS) is 13.1. The molecule has 0 unspecified atom stereocenters. The van der Waals surface area contributed by atoms with Gasteiger partial charge in [-0.15, -0.1) is 0 Å². The molecule has 1 nitrogen and oxygen atoms in total. The Balaban J connectivity index is 1.89. The summed E-state index contributed by atoms with van der Waals surface area (Å²) < 4.78 is 5.84. The van der Waals surface area contributed by atoms with Gasteiger partial charge in [0.25, 0.3) is 0 Å². The number of benzene rings is 2. The smallest absolute Gasteiger partial charge is 0.130 e. The summed E-state index contributed by atoms with van der Waals surface area (Å²) in [6.45, 7) is 8.54. The maximum Gasteiger partial charge on any atom is 0.130 e. The summed E-state index contributed by atoms with van der Waals surface area (Å²) in [5, 5.41) is 0. The summed E-state index contributed by atoms with van der Waals surface area (Å²) in [4.78, 5) is 0. The second kappa shape index (κ2) is 5.52. The van der Waals surface area contributed by atoms with E-state index in [1.807, 2.05) is 13.0 Å². The van der Waals surface area contributed by atoms with E-state index in [-0.39, 0.29) is 0 Å². The van der Waals surface area contributed by atoms with Crippen LogP contribution in [0.25, 0.3) is 22.8 Å². The van der Waals surface area contributed by atoms with Crippen molar-refractivity contribution >= 4 is 11.6 Å². The molecule has 0 aliphatic heterocycles. The van der Waals surface area contributed by atoms with E-state index < -0.39 is 0 Å². The molecule has 4 rings (SSSR count). The fourth-order valence-corrected chi connectivity index (χ4v) is 3.79. The summed E-state index contributed by atoms with van der Waals surface area (Å²) in [7, 11) is 0. The molecule has 1 aliphatic carbocycles. The van der Waals surface area contributed by atoms with E-state index in [1.165, 1.54) is 44.5 Å². The van der Waals surface area contributed by atoms with E-state index in [0.29, 0.717) is 0 Å². The van der Waals surface area contributed by atoms with Crippen LogP contribution in [-0.2, 0) is 6.42 Å². The molecular weight excluding hydrogens is 292 g/mol. The highest BCUT2D eigenvalue weighted by Gasteiger charge is 2.21.